The Hall–Kier alpha value is -2.72. The lowest BCUT2D eigenvalue weighted by atomic mass is 10.3. The summed E-state index contributed by atoms with van der Waals surface area (Å²) in [6.45, 7) is 1.82. The van der Waals surface area contributed by atoms with Crippen molar-refractivity contribution in [2.75, 3.05) is 6.26 Å². The highest BCUT2D eigenvalue weighted by Crippen LogP contribution is 2.19. The Morgan fingerprint density at radius 1 is 1.29 bits per heavy atom. The molecule has 0 aliphatic heterocycles. The van der Waals surface area contributed by atoms with Crippen molar-refractivity contribution in [2.45, 2.75) is 25.8 Å². The number of rotatable bonds is 6. The standard InChI is InChI=1S/C18H17N5O3S2/c1-11-7-16(24)23-18(19-11)28-15(21-23)9-26-17(25)8-22-13-6-4-3-5-12(13)20-14(22)10-27-2/h3-7H,8-10H2,1-2H3. The lowest BCUT2D eigenvalue weighted by Crippen LogP contribution is -2.16. The molecule has 4 aromatic rings. The second-order valence-electron chi connectivity index (χ2n) is 6.12. The number of carbonyl (C=O) groups excluding carboxylic acids is 1. The SMILES string of the molecule is CSCc1nc2ccccc2n1CC(=O)OCc1nn2c(=O)cc(C)nc2s1. The highest BCUT2D eigenvalue weighted by molar-refractivity contribution is 7.97. The molecule has 0 N–H and O–H groups in total. The minimum atomic E-state index is -0.388. The van der Waals surface area contributed by atoms with E-state index >= 15 is 0 Å². The van der Waals surface area contributed by atoms with Gasteiger partial charge in [0, 0.05) is 11.8 Å². The van der Waals surface area contributed by atoms with E-state index in [0.717, 1.165) is 16.9 Å². The molecule has 0 unspecified atom stereocenters. The van der Waals surface area contributed by atoms with Crippen molar-refractivity contribution >= 4 is 45.1 Å². The highest BCUT2D eigenvalue weighted by Gasteiger charge is 2.15. The van der Waals surface area contributed by atoms with Crippen LogP contribution in [0.15, 0.2) is 35.1 Å². The van der Waals surface area contributed by atoms with Crippen molar-refractivity contribution in [1.29, 1.82) is 0 Å². The average Bonchev–Trinajstić information content (AvgIpc) is 3.22. The van der Waals surface area contributed by atoms with Gasteiger partial charge in [-0.3, -0.25) is 9.59 Å². The molecule has 4 rings (SSSR count). The van der Waals surface area contributed by atoms with E-state index in [9.17, 15) is 9.59 Å². The molecule has 0 radical (unpaired) electrons. The van der Waals surface area contributed by atoms with Gasteiger partial charge in [-0.25, -0.2) is 9.97 Å². The Labute approximate surface area is 168 Å². The molecule has 8 nitrogen and oxygen atoms in total. The summed E-state index contributed by atoms with van der Waals surface area (Å²) in [5.74, 6) is 1.14. The molecule has 28 heavy (non-hydrogen) atoms. The zero-order valence-corrected chi connectivity index (χ0v) is 16.9. The summed E-state index contributed by atoms with van der Waals surface area (Å²) in [7, 11) is 0. The van der Waals surface area contributed by atoms with Gasteiger partial charge in [-0.15, -0.1) is 0 Å². The maximum atomic E-state index is 12.4. The fraction of sp³-hybridized carbons (Fsp3) is 0.278. The van der Waals surface area contributed by atoms with Gasteiger partial charge in [0.25, 0.3) is 5.56 Å². The Morgan fingerprint density at radius 3 is 2.93 bits per heavy atom. The largest absolute Gasteiger partial charge is 0.457 e. The zero-order valence-electron chi connectivity index (χ0n) is 15.3. The summed E-state index contributed by atoms with van der Waals surface area (Å²) in [5.41, 5.74) is 2.13. The number of ether oxygens (including phenoxy) is 1. The molecule has 0 amide bonds. The number of carbonyl (C=O) groups is 1. The summed E-state index contributed by atoms with van der Waals surface area (Å²) in [4.78, 5) is 33.7. The number of fused-ring (bicyclic) bond motifs is 2. The normalized spacial score (nSPS) is 11.4. The Bertz CT molecular complexity index is 1230. The summed E-state index contributed by atoms with van der Waals surface area (Å²) < 4.78 is 8.49. The molecular weight excluding hydrogens is 398 g/mol. The predicted octanol–water partition coefficient (Wildman–Crippen LogP) is 2.42. The summed E-state index contributed by atoms with van der Waals surface area (Å²) in [5, 5.41) is 4.70. The quantitative estimate of drug-likeness (QED) is 0.447. The van der Waals surface area contributed by atoms with Crippen LogP contribution in [-0.4, -0.2) is 36.4 Å². The van der Waals surface area contributed by atoms with Crippen LogP contribution in [0.2, 0.25) is 0 Å². The van der Waals surface area contributed by atoms with Crippen LogP contribution in [0.1, 0.15) is 16.5 Å². The molecule has 10 heteroatoms. The lowest BCUT2D eigenvalue weighted by Gasteiger charge is -2.08. The zero-order chi connectivity index (χ0) is 19.7. The first-order chi connectivity index (χ1) is 13.5. The van der Waals surface area contributed by atoms with Crippen LogP contribution >= 0.6 is 23.1 Å². The van der Waals surface area contributed by atoms with Crippen LogP contribution in [-0.2, 0) is 28.4 Å². The number of esters is 1. The maximum Gasteiger partial charge on any atom is 0.326 e. The molecule has 0 bridgehead atoms. The minimum absolute atomic E-state index is 0.00413. The Balaban J connectivity index is 1.51. The first kappa shape index (κ1) is 18.6. The number of thioether (sulfide) groups is 1. The summed E-state index contributed by atoms with van der Waals surface area (Å²) in [6, 6.07) is 9.12. The summed E-state index contributed by atoms with van der Waals surface area (Å²) in [6.07, 6.45) is 1.99. The number of aromatic nitrogens is 5. The van der Waals surface area contributed by atoms with Gasteiger partial charge in [-0.1, -0.05) is 23.5 Å². The molecule has 0 saturated heterocycles. The molecule has 0 fully saturated rings. The fourth-order valence-corrected chi connectivity index (χ4v) is 4.21. The van der Waals surface area contributed by atoms with E-state index in [1.54, 1.807) is 18.7 Å². The molecule has 144 valence electrons. The minimum Gasteiger partial charge on any atom is -0.457 e. The topological polar surface area (TPSA) is 91.4 Å². The molecule has 0 aliphatic rings. The van der Waals surface area contributed by atoms with Gasteiger partial charge < -0.3 is 9.30 Å². The monoisotopic (exact) mass is 415 g/mol. The van der Waals surface area contributed by atoms with E-state index in [1.807, 2.05) is 35.1 Å². The predicted molar refractivity (Wildman–Crippen MR) is 109 cm³/mol. The number of nitrogens with zero attached hydrogens (tertiary/aromatic N) is 5. The maximum absolute atomic E-state index is 12.4. The van der Waals surface area contributed by atoms with Crippen molar-refractivity contribution in [2.24, 2.45) is 0 Å². The number of para-hydroxylation sites is 2. The van der Waals surface area contributed by atoms with E-state index < -0.39 is 0 Å². The summed E-state index contributed by atoms with van der Waals surface area (Å²) >= 11 is 2.87. The number of benzene rings is 1. The van der Waals surface area contributed by atoms with Crippen molar-refractivity contribution < 1.29 is 9.53 Å². The van der Waals surface area contributed by atoms with Gasteiger partial charge in [0.05, 0.1) is 16.8 Å². The first-order valence-electron chi connectivity index (χ1n) is 8.50. The third-order valence-electron chi connectivity index (χ3n) is 4.07. The van der Waals surface area contributed by atoms with Gasteiger partial charge in [0.1, 0.15) is 19.0 Å². The molecule has 0 atom stereocenters. The second-order valence-corrected chi connectivity index (χ2v) is 8.03. The van der Waals surface area contributed by atoms with Crippen LogP contribution < -0.4 is 5.56 Å². The average molecular weight is 416 g/mol. The van der Waals surface area contributed by atoms with Gasteiger partial charge in [0.2, 0.25) is 4.96 Å². The van der Waals surface area contributed by atoms with Crippen LogP contribution in [0.3, 0.4) is 0 Å². The number of hydrogen-bond donors (Lipinski definition) is 0. The third-order valence-corrected chi connectivity index (χ3v) is 5.49. The number of imidazole rings is 1. The van der Waals surface area contributed by atoms with Gasteiger partial charge in [0.15, 0.2) is 5.01 Å². The van der Waals surface area contributed by atoms with E-state index in [1.165, 1.54) is 21.9 Å². The Kier molecular flexibility index (Phi) is 5.14. The second kappa shape index (κ2) is 7.72. The van der Waals surface area contributed by atoms with Crippen molar-refractivity contribution in [3.05, 3.63) is 57.2 Å². The lowest BCUT2D eigenvalue weighted by molar-refractivity contribution is -0.145. The molecule has 0 spiro atoms. The molecular formula is C18H17N5O3S2. The smallest absolute Gasteiger partial charge is 0.326 e. The van der Waals surface area contributed by atoms with Crippen molar-refractivity contribution in [1.82, 2.24) is 24.1 Å². The molecule has 1 aromatic carbocycles. The Morgan fingerprint density at radius 2 is 2.11 bits per heavy atom. The van der Waals surface area contributed by atoms with E-state index in [-0.39, 0.29) is 24.7 Å². The third kappa shape index (κ3) is 3.65. The first-order valence-corrected chi connectivity index (χ1v) is 10.7. The van der Waals surface area contributed by atoms with Crippen molar-refractivity contribution in [3.63, 3.8) is 0 Å². The number of aryl methyl sites for hydroxylation is 1. The van der Waals surface area contributed by atoms with E-state index in [2.05, 4.69) is 15.1 Å². The molecule has 3 heterocycles. The van der Waals surface area contributed by atoms with E-state index in [0.29, 0.717) is 21.4 Å². The van der Waals surface area contributed by atoms with Gasteiger partial charge >= 0.3 is 5.97 Å². The fourth-order valence-electron chi connectivity index (χ4n) is 2.88. The molecule has 3 aromatic heterocycles. The highest BCUT2D eigenvalue weighted by atomic mass is 32.2. The van der Waals surface area contributed by atoms with Crippen LogP contribution in [0.25, 0.3) is 16.0 Å². The van der Waals surface area contributed by atoms with Crippen LogP contribution in [0, 0.1) is 6.92 Å². The van der Waals surface area contributed by atoms with Crippen LogP contribution in [0.4, 0.5) is 0 Å². The van der Waals surface area contributed by atoms with E-state index in [4.69, 9.17) is 4.74 Å². The van der Waals surface area contributed by atoms with Gasteiger partial charge in [-0.2, -0.15) is 21.4 Å². The molecule has 0 aliphatic carbocycles. The molecule has 0 saturated carbocycles. The van der Waals surface area contributed by atoms with Crippen LogP contribution in [0.5, 0.6) is 0 Å². The van der Waals surface area contributed by atoms with Gasteiger partial charge in [-0.05, 0) is 25.3 Å². The number of hydrogen-bond acceptors (Lipinski definition) is 8. The van der Waals surface area contributed by atoms with Crippen molar-refractivity contribution in [3.8, 4) is 0 Å².